The fourth-order valence-electron chi connectivity index (χ4n) is 0.857. The lowest BCUT2D eigenvalue weighted by molar-refractivity contribution is -0.843. The van der Waals surface area contributed by atoms with Crippen molar-refractivity contribution in [1.29, 1.82) is 0 Å². The molecule has 0 atom stereocenters. The quantitative estimate of drug-likeness (QED) is 0.276. The first-order chi connectivity index (χ1) is 14.1. The third-order valence-electron chi connectivity index (χ3n) is 2.02. The van der Waals surface area contributed by atoms with E-state index in [4.69, 9.17) is 49.1 Å². The number of rotatable bonds is 0. The van der Waals surface area contributed by atoms with E-state index in [9.17, 15) is 35.3 Å². The molecule has 2 heterocycles. The molecular formula is C12H8Cl2F8N2O6S2. The second kappa shape index (κ2) is 13.0. The Hall–Kier alpha value is -1.86. The van der Waals surface area contributed by atoms with Gasteiger partial charge in [-0.3, -0.25) is 0 Å². The van der Waals surface area contributed by atoms with Gasteiger partial charge in [-0.15, -0.1) is 0 Å². The summed E-state index contributed by atoms with van der Waals surface area (Å²) in [6.45, 7) is 0. The van der Waals surface area contributed by atoms with Gasteiger partial charge in [0.1, 0.15) is 10.0 Å². The van der Waals surface area contributed by atoms with E-state index in [0.717, 1.165) is 12.4 Å². The van der Waals surface area contributed by atoms with Crippen LogP contribution >= 0.6 is 23.2 Å². The number of pyridine rings is 2. The van der Waals surface area contributed by atoms with E-state index in [1.54, 1.807) is 18.2 Å². The number of hydrogen-bond acceptors (Lipinski definition) is 6. The first kappa shape index (κ1) is 32.3. The Morgan fingerprint density at radius 2 is 0.969 bits per heavy atom. The summed E-state index contributed by atoms with van der Waals surface area (Å²) < 4.78 is 142. The zero-order chi connectivity index (χ0) is 26.0. The van der Waals surface area contributed by atoms with Gasteiger partial charge in [0.2, 0.25) is 24.8 Å². The van der Waals surface area contributed by atoms with E-state index in [0.29, 0.717) is 9.58 Å². The van der Waals surface area contributed by atoms with Gasteiger partial charge in [0.05, 0.1) is 8.96 Å². The van der Waals surface area contributed by atoms with Crippen LogP contribution in [0.3, 0.4) is 0 Å². The Morgan fingerprint density at radius 1 is 0.688 bits per heavy atom. The van der Waals surface area contributed by atoms with Crippen molar-refractivity contribution in [2.75, 3.05) is 0 Å². The summed E-state index contributed by atoms with van der Waals surface area (Å²) in [6, 6.07) is 6.47. The molecule has 0 aliphatic carbocycles. The molecule has 2 rings (SSSR count). The van der Waals surface area contributed by atoms with Gasteiger partial charge < -0.3 is 9.11 Å². The van der Waals surface area contributed by atoms with Crippen molar-refractivity contribution >= 4 is 43.4 Å². The highest BCUT2D eigenvalue weighted by atomic mass is 35.5. The molecule has 0 aliphatic rings. The van der Waals surface area contributed by atoms with E-state index in [-0.39, 0.29) is 10.0 Å². The number of aromatic nitrogens is 2. The minimum absolute atomic E-state index is 0.282. The Bertz CT molecular complexity index is 959. The number of alkyl halides is 6. The van der Waals surface area contributed by atoms with Crippen molar-refractivity contribution in [2.45, 2.75) is 11.0 Å². The van der Waals surface area contributed by atoms with Gasteiger partial charge in [-0.05, 0) is 6.07 Å². The molecule has 0 saturated heterocycles. The normalized spacial score (nSPS) is 11.6. The molecule has 2 aromatic rings. The molecule has 32 heavy (non-hydrogen) atoms. The highest BCUT2D eigenvalue weighted by Crippen LogP contribution is 2.21. The van der Waals surface area contributed by atoms with E-state index in [1.165, 1.54) is 18.5 Å². The van der Waals surface area contributed by atoms with Crippen LogP contribution < -0.4 is 9.58 Å². The SMILES string of the molecule is F[n+]1cc(Cl)cc(Cl)c1.F[n+]1ccccc1.O=S(=O)([O-])C(F)(F)F.O=S(=O)([O-])C(F)(F)F. The molecule has 0 bridgehead atoms. The van der Waals surface area contributed by atoms with Gasteiger partial charge in [0, 0.05) is 21.7 Å². The Balaban J connectivity index is 0. The summed E-state index contributed by atoms with van der Waals surface area (Å²) >= 11 is 10.8. The van der Waals surface area contributed by atoms with E-state index in [2.05, 4.69) is 0 Å². The smallest absolute Gasteiger partial charge is 0.485 e. The minimum Gasteiger partial charge on any atom is -0.741 e. The molecule has 0 radical (unpaired) electrons. The maximum absolute atomic E-state index is 12.2. The van der Waals surface area contributed by atoms with Crippen molar-refractivity contribution in [3.8, 4) is 0 Å². The molecule has 0 amide bonds. The second-order valence-electron chi connectivity index (χ2n) is 4.54. The van der Waals surface area contributed by atoms with Crippen molar-refractivity contribution in [3.05, 3.63) is 59.1 Å². The van der Waals surface area contributed by atoms with Crippen LogP contribution in [0, 0.1) is 0 Å². The van der Waals surface area contributed by atoms with Crippen molar-refractivity contribution in [1.82, 2.24) is 0 Å². The topological polar surface area (TPSA) is 122 Å². The Labute approximate surface area is 184 Å². The number of halogens is 10. The summed E-state index contributed by atoms with van der Waals surface area (Å²) in [7, 11) is -12.2. The second-order valence-corrected chi connectivity index (χ2v) is 8.15. The maximum Gasteiger partial charge on any atom is 0.485 e. The van der Waals surface area contributed by atoms with Crippen LogP contribution in [0.5, 0.6) is 0 Å². The van der Waals surface area contributed by atoms with E-state index < -0.39 is 31.3 Å². The average molecular weight is 563 g/mol. The van der Waals surface area contributed by atoms with Gasteiger partial charge in [-0.2, -0.15) is 26.3 Å². The Kier molecular flexibility index (Phi) is 13.1. The lowest BCUT2D eigenvalue weighted by atomic mass is 10.5. The average Bonchev–Trinajstić information content (AvgIpc) is 2.52. The molecular weight excluding hydrogens is 555 g/mol. The van der Waals surface area contributed by atoms with Gasteiger partial charge in [-0.1, -0.05) is 29.3 Å². The lowest BCUT2D eigenvalue weighted by Gasteiger charge is -2.08. The summed E-state index contributed by atoms with van der Waals surface area (Å²) in [4.78, 5) is 0.810. The van der Waals surface area contributed by atoms with Gasteiger partial charge in [-0.25, -0.2) is 16.8 Å². The van der Waals surface area contributed by atoms with Crippen LogP contribution in [-0.2, 0) is 20.2 Å². The van der Waals surface area contributed by atoms with Crippen LogP contribution in [0.15, 0.2) is 49.1 Å². The molecule has 0 aromatic carbocycles. The van der Waals surface area contributed by atoms with Gasteiger partial charge >= 0.3 is 11.0 Å². The van der Waals surface area contributed by atoms with Gasteiger partial charge in [0.15, 0.2) is 20.2 Å². The van der Waals surface area contributed by atoms with E-state index in [1.807, 2.05) is 0 Å². The maximum atomic E-state index is 12.2. The first-order valence-electron chi connectivity index (χ1n) is 6.78. The van der Waals surface area contributed by atoms with Gasteiger partial charge in [0.25, 0.3) is 0 Å². The molecule has 0 aliphatic heterocycles. The van der Waals surface area contributed by atoms with Crippen molar-refractivity contribution in [3.63, 3.8) is 0 Å². The third kappa shape index (κ3) is 15.9. The summed E-state index contributed by atoms with van der Waals surface area (Å²) in [5.74, 6) is 0. The predicted molar refractivity (Wildman–Crippen MR) is 87.8 cm³/mol. The number of hydrogen-bond donors (Lipinski definition) is 0. The highest BCUT2D eigenvalue weighted by Gasteiger charge is 2.37. The third-order valence-corrected chi connectivity index (χ3v) is 3.56. The van der Waals surface area contributed by atoms with Crippen LogP contribution in [0.2, 0.25) is 10.0 Å². The zero-order valence-corrected chi connectivity index (χ0v) is 17.7. The van der Waals surface area contributed by atoms with Crippen molar-refractivity contribution < 1.29 is 70.8 Å². The van der Waals surface area contributed by atoms with Crippen LogP contribution in [0.25, 0.3) is 0 Å². The molecule has 0 saturated carbocycles. The fourth-order valence-corrected chi connectivity index (χ4v) is 1.33. The highest BCUT2D eigenvalue weighted by molar-refractivity contribution is 7.86. The molecule has 0 unspecified atom stereocenters. The molecule has 0 N–H and O–H groups in total. The predicted octanol–water partition coefficient (Wildman–Crippen LogP) is 2.82. The van der Waals surface area contributed by atoms with Crippen molar-refractivity contribution in [2.24, 2.45) is 0 Å². The molecule has 184 valence electrons. The molecule has 0 spiro atoms. The number of nitrogens with zero attached hydrogens (tertiary/aromatic N) is 2. The summed E-state index contributed by atoms with van der Waals surface area (Å²) in [6.07, 6.45) is 4.90. The van der Waals surface area contributed by atoms with Crippen LogP contribution in [0.1, 0.15) is 0 Å². The molecule has 2 aromatic heterocycles. The minimum atomic E-state index is -6.09. The lowest BCUT2D eigenvalue weighted by Crippen LogP contribution is -2.21. The molecule has 8 nitrogen and oxygen atoms in total. The standard InChI is InChI=1S/C5H3Cl2FN.C5H5FN.2CHF3O3S/c6-4-1-5(7)3-9(8)2-4;6-7-4-2-1-3-5-7;2*2-1(3,4)8(5,6)7/h1-3H;1-5H;2*(H,5,6,7)/q2*+1;;/p-2. The van der Waals surface area contributed by atoms with E-state index >= 15 is 0 Å². The molecule has 0 fully saturated rings. The summed E-state index contributed by atoms with van der Waals surface area (Å²) in [5, 5.41) is 0.565. The monoisotopic (exact) mass is 562 g/mol. The first-order valence-corrected chi connectivity index (χ1v) is 10.4. The van der Waals surface area contributed by atoms with Crippen LogP contribution in [-0.4, -0.2) is 37.0 Å². The summed E-state index contributed by atoms with van der Waals surface area (Å²) in [5.41, 5.74) is -11.3. The molecule has 20 heteroatoms. The largest absolute Gasteiger partial charge is 0.741 e. The Morgan fingerprint density at radius 3 is 1.12 bits per heavy atom. The van der Waals surface area contributed by atoms with Crippen LogP contribution in [0.4, 0.5) is 35.3 Å². The zero-order valence-electron chi connectivity index (χ0n) is 14.6. The fraction of sp³-hybridized carbons (Fsp3) is 0.167.